The first kappa shape index (κ1) is 14.9. The molecule has 2 atom stereocenters. The Bertz CT molecular complexity index is 196. The standard InChI is InChI=1S/C14H31N3/c1-5-6-7-9-13(15-2)14-12-16(3)10-8-11-17(14)4/h13-15H,5-12H2,1-4H3. The van der Waals surface area contributed by atoms with Crippen molar-refractivity contribution in [3.8, 4) is 0 Å². The fourth-order valence-corrected chi connectivity index (χ4v) is 2.88. The topological polar surface area (TPSA) is 18.5 Å². The molecule has 0 aliphatic carbocycles. The molecule has 0 saturated carbocycles. The van der Waals surface area contributed by atoms with Gasteiger partial charge < -0.3 is 15.1 Å². The number of likely N-dealkylation sites (N-methyl/N-ethyl adjacent to an activating group) is 3. The number of unbranched alkanes of at least 4 members (excludes halogenated alkanes) is 2. The molecule has 0 aromatic heterocycles. The lowest BCUT2D eigenvalue weighted by molar-refractivity contribution is 0.175. The third-order valence-corrected chi connectivity index (χ3v) is 4.07. The van der Waals surface area contributed by atoms with Gasteiger partial charge in [-0.25, -0.2) is 0 Å². The van der Waals surface area contributed by atoms with Crippen LogP contribution in [0, 0.1) is 0 Å². The van der Waals surface area contributed by atoms with Crippen molar-refractivity contribution in [2.45, 2.75) is 51.1 Å². The summed E-state index contributed by atoms with van der Waals surface area (Å²) < 4.78 is 0. The van der Waals surface area contributed by atoms with E-state index in [9.17, 15) is 0 Å². The van der Waals surface area contributed by atoms with Crippen LogP contribution in [0.1, 0.15) is 39.0 Å². The molecule has 1 fully saturated rings. The maximum atomic E-state index is 3.54. The van der Waals surface area contributed by atoms with Crippen LogP contribution in [0.2, 0.25) is 0 Å². The summed E-state index contributed by atoms with van der Waals surface area (Å²) in [5.74, 6) is 0. The molecule has 17 heavy (non-hydrogen) atoms. The molecule has 3 heteroatoms. The van der Waals surface area contributed by atoms with Crippen LogP contribution in [0.15, 0.2) is 0 Å². The van der Waals surface area contributed by atoms with E-state index in [2.05, 4.69) is 43.2 Å². The van der Waals surface area contributed by atoms with E-state index in [-0.39, 0.29) is 0 Å². The van der Waals surface area contributed by atoms with Crippen molar-refractivity contribution < 1.29 is 0 Å². The summed E-state index contributed by atoms with van der Waals surface area (Å²) in [6.07, 6.45) is 6.65. The third-order valence-electron chi connectivity index (χ3n) is 4.07. The summed E-state index contributed by atoms with van der Waals surface area (Å²) in [5, 5.41) is 3.54. The Hall–Kier alpha value is -0.120. The highest BCUT2D eigenvalue weighted by molar-refractivity contribution is 4.86. The number of hydrogen-bond acceptors (Lipinski definition) is 3. The van der Waals surface area contributed by atoms with Crippen molar-refractivity contribution in [3.05, 3.63) is 0 Å². The second kappa shape index (κ2) is 8.06. The van der Waals surface area contributed by atoms with E-state index in [0.29, 0.717) is 12.1 Å². The highest BCUT2D eigenvalue weighted by Crippen LogP contribution is 2.15. The number of hydrogen-bond donors (Lipinski definition) is 1. The van der Waals surface area contributed by atoms with Gasteiger partial charge in [0.25, 0.3) is 0 Å². The smallest absolute Gasteiger partial charge is 0.0373 e. The van der Waals surface area contributed by atoms with Crippen molar-refractivity contribution in [2.75, 3.05) is 40.8 Å². The lowest BCUT2D eigenvalue weighted by Crippen LogP contribution is -2.51. The Labute approximate surface area is 108 Å². The van der Waals surface area contributed by atoms with Crippen molar-refractivity contribution in [1.29, 1.82) is 0 Å². The van der Waals surface area contributed by atoms with Crippen LogP contribution >= 0.6 is 0 Å². The van der Waals surface area contributed by atoms with Crippen LogP contribution in [0.4, 0.5) is 0 Å². The van der Waals surface area contributed by atoms with Gasteiger partial charge in [0.05, 0.1) is 0 Å². The van der Waals surface area contributed by atoms with E-state index in [1.54, 1.807) is 0 Å². The van der Waals surface area contributed by atoms with Crippen LogP contribution in [0.5, 0.6) is 0 Å². The largest absolute Gasteiger partial charge is 0.315 e. The normalized spacial score (nSPS) is 25.8. The SMILES string of the molecule is CCCCCC(NC)C1CN(C)CCCN1C. The predicted octanol–water partition coefficient (Wildman–Crippen LogP) is 1.79. The van der Waals surface area contributed by atoms with E-state index in [1.807, 2.05) is 0 Å². The third kappa shape index (κ3) is 4.94. The molecule has 1 aliphatic rings. The van der Waals surface area contributed by atoms with Gasteiger partial charge in [-0.2, -0.15) is 0 Å². The molecule has 0 radical (unpaired) electrons. The van der Waals surface area contributed by atoms with Gasteiger partial charge in [-0.1, -0.05) is 26.2 Å². The van der Waals surface area contributed by atoms with Crippen LogP contribution in [-0.4, -0.2) is 62.7 Å². The zero-order valence-corrected chi connectivity index (χ0v) is 12.2. The van der Waals surface area contributed by atoms with Gasteiger partial charge in [0.2, 0.25) is 0 Å². The zero-order chi connectivity index (χ0) is 12.7. The molecule has 0 aromatic rings. The fraction of sp³-hybridized carbons (Fsp3) is 1.00. The lowest BCUT2D eigenvalue weighted by atomic mass is 10.00. The van der Waals surface area contributed by atoms with Gasteiger partial charge in [0.15, 0.2) is 0 Å². The lowest BCUT2D eigenvalue weighted by Gasteiger charge is -2.34. The molecule has 102 valence electrons. The van der Waals surface area contributed by atoms with Crippen LogP contribution in [0.3, 0.4) is 0 Å². The molecule has 2 unspecified atom stereocenters. The quantitative estimate of drug-likeness (QED) is 0.715. The van der Waals surface area contributed by atoms with Crippen molar-refractivity contribution in [2.24, 2.45) is 0 Å². The average Bonchev–Trinajstić information content (AvgIpc) is 2.47. The molecule has 1 saturated heterocycles. The first-order valence-electron chi connectivity index (χ1n) is 7.25. The molecule has 0 bridgehead atoms. The minimum atomic E-state index is 0.645. The van der Waals surface area contributed by atoms with Gasteiger partial charge in [-0.15, -0.1) is 0 Å². The number of nitrogens with one attached hydrogen (secondary N) is 1. The zero-order valence-electron chi connectivity index (χ0n) is 12.2. The number of rotatable bonds is 6. The van der Waals surface area contributed by atoms with Crippen molar-refractivity contribution >= 4 is 0 Å². The molecule has 1 aliphatic heterocycles. The van der Waals surface area contributed by atoms with E-state index < -0.39 is 0 Å². The first-order chi connectivity index (χ1) is 8.19. The molecule has 0 amide bonds. The Morgan fingerprint density at radius 3 is 2.65 bits per heavy atom. The Morgan fingerprint density at radius 2 is 2.00 bits per heavy atom. The monoisotopic (exact) mass is 241 g/mol. The van der Waals surface area contributed by atoms with Gasteiger partial charge in [0.1, 0.15) is 0 Å². The molecule has 1 heterocycles. The molecular weight excluding hydrogens is 210 g/mol. The van der Waals surface area contributed by atoms with Crippen molar-refractivity contribution in [3.63, 3.8) is 0 Å². The molecule has 1 N–H and O–H groups in total. The van der Waals surface area contributed by atoms with Crippen LogP contribution in [0.25, 0.3) is 0 Å². The maximum absolute atomic E-state index is 3.54. The van der Waals surface area contributed by atoms with E-state index in [4.69, 9.17) is 0 Å². The minimum Gasteiger partial charge on any atom is -0.315 e. The van der Waals surface area contributed by atoms with E-state index in [0.717, 1.165) is 0 Å². The number of nitrogens with zero attached hydrogens (tertiary/aromatic N) is 2. The van der Waals surface area contributed by atoms with Gasteiger partial charge in [-0.3, -0.25) is 0 Å². The highest BCUT2D eigenvalue weighted by Gasteiger charge is 2.26. The highest BCUT2D eigenvalue weighted by atomic mass is 15.2. The summed E-state index contributed by atoms with van der Waals surface area (Å²) >= 11 is 0. The van der Waals surface area contributed by atoms with Gasteiger partial charge >= 0.3 is 0 Å². The Kier molecular flexibility index (Phi) is 7.09. The summed E-state index contributed by atoms with van der Waals surface area (Å²) in [5.41, 5.74) is 0. The average molecular weight is 241 g/mol. The summed E-state index contributed by atoms with van der Waals surface area (Å²) in [4.78, 5) is 5.04. The Balaban J connectivity index is 2.50. The Morgan fingerprint density at radius 1 is 1.24 bits per heavy atom. The minimum absolute atomic E-state index is 0.645. The maximum Gasteiger partial charge on any atom is 0.0373 e. The van der Waals surface area contributed by atoms with Crippen molar-refractivity contribution in [1.82, 2.24) is 15.1 Å². The van der Waals surface area contributed by atoms with Gasteiger partial charge in [0, 0.05) is 18.6 Å². The molecule has 1 rings (SSSR count). The first-order valence-corrected chi connectivity index (χ1v) is 7.25. The predicted molar refractivity (Wildman–Crippen MR) is 75.5 cm³/mol. The second-order valence-corrected chi connectivity index (χ2v) is 5.55. The van der Waals surface area contributed by atoms with E-state index in [1.165, 1.54) is 51.7 Å². The molecule has 0 aromatic carbocycles. The second-order valence-electron chi connectivity index (χ2n) is 5.55. The van der Waals surface area contributed by atoms with E-state index >= 15 is 0 Å². The summed E-state index contributed by atoms with van der Waals surface area (Å²) in [6, 6.07) is 1.32. The van der Waals surface area contributed by atoms with Crippen LogP contribution in [-0.2, 0) is 0 Å². The summed E-state index contributed by atoms with van der Waals surface area (Å²) in [7, 11) is 6.66. The van der Waals surface area contributed by atoms with Crippen LogP contribution < -0.4 is 5.32 Å². The van der Waals surface area contributed by atoms with Gasteiger partial charge in [-0.05, 0) is 47.1 Å². The molecule has 0 spiro atoms. The molecular formula is C14H31N3. The summed E-state index contributed by atoms with van der Waals surface area (Å²) in [6.45, 7) is 5.96. The molecule has 3 nitrogen and oxygen atoms in total. The fourth-order valence-electron chi connectivity index (χ4n) is 2.88.